The Morgan fingerprint density at radius 2 is 1.85 bits per heavy atom. The molecule has 0 spiro atoms. The number of benzene rings is 2. The van der Waals surface area contributed by atoms with Crippen LogP contribution in [-0.4, -0.2) is 37.8 Å². The molecule has 3 rings (SSSR count). The van der Waals surface area contributed by atoms with Crippen molar-refractivity contribution < 1.29 is 14.0 Å². The minimum atomic E-state index is -0.740. The quantitative estimate of drug-likeness (QED) is 0.511. The molecular weight excluding hydrogens is 371 g/mol. The third-order valence-corrected chi connectivity index (χ3v) is 4.41. The minimum Gasteiger partial charge on any atom is -0.272 e. The molecule has 2 aromatic carbocycles. The van der Waals surface area contributed by atoms with Crippen LogP contribution >= 0.6 is 11.8 Å². The third-order valence-electron chi connectivity index (χ3n) is 3.49. The van der Waals surface area contributed by atoms with E-state index in [1.807, 2.05) is 31.2 Å². The number of hydrazine groups is 1. The fraction of sp³-hybridized carbons (Fsp3) is 0.118. The highest BCUT2D eigenvalue weighted by Crippen LogP contribution is 2.18. The van der Waals surface area contributed by atoms with Crippen molar-refractivity contribution in [3.05, 3.63) is 65.5 Å². The topological polar surface area (TPSA) is 102 Å². The van der Waals surface area contributed by atoms with E-state index in [4.69, 9.17) is 0 Å². The second-order valence-electron chi connectivity index (χ2n) is 5.48. The molecule has 2 amide bonds. The average Bonchev–Trinajstić information content (AvgIpc) is 3.14. The van der Waals surface area contributed by atoms with Crippen molar-refractivity contribution in [1.82, 2.24) is 31.1 Å². The standard InChI is InChI=1S/C17H15FN6O2S/c1-11-6-8-12(9-7-11)24-17(21-22-23-24)27-10-15(25)19-20-16(26)13-4-2-3-5-14(13)18/h2-9H,10H2,1H3,(H,19,25)(H,20,26). The number of carbonyl (C=O) groups is 2. The number of carbonyl (C=O) groups excluding carboxylic acids is 2. The van der Waals surface area contributed by atoms with Gasteiger partial charge in [-0.3, -0.25) is 20.4 Å². The highest BCUT2D eigenvalue weighted by Gasteiger charge is 2.14. The van der Waals surface area contributed by atoms with Crippen molar-refractivity contribution in [2.24, 2.45) is 0 Å². The fourth-order valence-electron chi connectivity index (χ4n) is 2.12. The number of hydrogen-bond acceptors (Lipinski definition) is 6. The molecule has 0 fully saturated rings. The minimum absolute atomic E-state index is 0.0379. The number of nitrogens with zero attached hydrogens (tertiary/aromatic N) is 4. The van der Waals surface area contributed by atoms with E-state index in [0.29, 0.717) is 5.16 Å². The Labute approximate surface area is 158 Å². The lowest BCUT2D eigenvalue weighted by molar-refractivity contribution is -0.119. The van der Waals surface area contributed by atoms with Gasteiger partial charge in [-0.2, -0.15) is 4.68 Å². The zero-order chi connectivity index (χ0) is 19.2. The molecule has 0 saturated heterocycles. The Hall–Kier alpha value is -3.27. The number of tetrazole rings is 1. The first-order valence-corrected chi connectivity index (χ1v) is 8.85. The van der Waals surface area contributed by atoms with Gasteiger partial charge in [-0.15, -0.1) is 5.10 Å². The van der Waals surface area contributed by atoms with Crippen LogP contribution in [0.1, 0.15) is 15.9 Å². The van der Waals surface area contributed by atoms with Crippen LogP contribution in [-0.2, 0) is 4.79 Å². The summed E-state index contributed by atoms with van der Waals surface area (Å²) >= 11 is 1.10. The molecule has 2 N–H and O–H groups in total. The molecule has 0 unspecified atom stereocenters. The van der Waals surface area contributed by atoms with E-state index in [9.17, 15) is 14.0 Å². The number of aryl methyl sites for hydroxylation is 1. The molecule has 138 valence electrons. The van der Waals surface area contributed by atoms with Gasteiger partial charge in [0.1, 0.15) is 5.82 Å². The number of hydrogen-bond donors (Lipinski definition) is 2. The normalized spacial score (nSPS) is 10.4. The third kappa shape index (κ3) is 4.67. The van der Waals surface area contributed by atoms with Crippen molar-refractivity contribution in [2.45, 2.75) is 12.1 Å². The molecule has 8 nitrogen and oxygen atoms in total. The lowest BCUT2D eigenvalue weighted by atomic mass is 10.2. The summed E-state index contributed by atoms with van der Waals surface area (Å²) in [5.41, 5.74) is 6.11. The highest BCUT2D eigenvalue weighted by atomic mass is 32.2. The maximum atomic E-state index is 13.5. The molecule has 0 aliphatic heterocycles. The highest BCUT2D eigenvalue weighted by molar-refractivity contribution is 7.99. The van der Waals surface area contributed by atoms with Crippen LogP contribution < -0.4 is 10.9 Å². The second kappa shape index (κ2) is 8.41. The lowest BCUT2D eigenvalue weighted by Crippen LogP contribution is -2.42. The van der Waals surface area contributed by atoms with Gasteiger partial charge in [0.2, 0.25) is 11.1 Å². The maximum absolute atomic E-state index is 13.5. The van der Waals surface area contributed by atoms with Crippen LogP contribution in [0.25, 0.3) is 5.69 Å². The number of thioether (sulfide) groups is 1. The Morgan fingerprint density at radius 3 is 2.59 bits per heavy atom. The fourth-order valence-corrected chi connectivity index (χ4v) is 2.81. The first kappa shape index (κ1) is 18.5. The van der Waals surface area contributed by atoms with E-state index in [1.165, 1.54) is 22.9 Å². The Bertz CT molecular complexity index is 960. The van der Waals surface area contributed by atoms with Crippen LogP contribution in [0, 0.1) is 12.7 Å². The van der Waals surface area contributed by atoms with Crippen molar-refractivity contribution >= 4 is 23.6 Å². The van der Waals surface area contributed by atoms with Crippen LogP contribution in [0.4, 0.5) is 4.39 Å². The molecule has 1 aromatic heterocycles. The largest absolute Gasteiger partial charge is 0.272 e. The van der Waals surface area contributed by atoms with Gasteiger partial charge in [0.25, 0.3) is 5.91 Å². The first-order valence-electron chi connectivity index (χ1n) is 7.86. The Kier molecular flexibility index (Phi) is 5.77. The first-order chi connectivity index (χ1) is 13.0. The monoisotopic (exact) mass is 386 g/mol. The zero-order valence-corrected chi connectivity index (χ0v) is 15.0. The average molecular weight is 386 g/mol. The van der Waals surface area contributed by atoms with Gasteiger partial charge < -0.3 is 0 Å². The lowest BCUT2D eigenvalue weighted by Gasteiger charge is -2.08. The van der Waals surface area contributed by atoms with Crippen molar-refractivity contribution in [1.29, 1.82) is 0 Å². The number of halogens is 1. The summed E-state index contributed by atoms with van der Waals surface area (Å²) < 4.78 is 15.0. The van der Waals surface area contributed by atoms with Gasteiger partial charge in [0, 0.05) is 0 Å². The van der Waals surface area contributed by atoms with Crippen molar-refractivity contribution in [3.63, 3.8) is 0 Å². The van der Waals surface area contributed by atoms with Crippen LogP contribution in [0.2, 0.25) is 0 Å². The molecule has 0 aliphatic rings. The van der Waals surface area contributed by atoms with E-state index in [0.717, 1.165) is 29.1 Å². The predicted molar refractivity (Wildman–Crippen MR) is 96.6 cm³/mol. The maximum Gasteiger partial charge on any atom is 0.272 e. The predicted octanol–water partition coefficient (Wildman–Crippen LogP) is 1.66. The molecule has 0 atom stereocenters. The van der Waals surface area contributed by atoms with Gasteiger partial charge in [0.05, 0.1) is 17.0 Å². The molecule has 1 heterocycles. The number of aromatic nitrogens is 4. The molecule has 3 aromatic rings. The molecule has 0 saturated carbocycles. The van der Waals surface area contributed by atoms with Gasteiger partial charge in [0.15, 0.2) is 0 Å². The smallest absolute Gasteiger partial charge is 0.272 e. The van der Waals surface area contributed by atoms with Gasteiger partial charge in [-0.05, 0) is 41.6 Å². The van der Waals surface area contributed by atoms with Gasteiger partial charge >= 0.3 is 0 Å². The van der Waals surface area contributed by atoms with E-state index in [2.05, 4.69) is 26.4 Å². The second-order valence-corrected chi connectivity index (χ2v) is 6.42. The number of rotatable bonds is 5. The Balaban J connectivity index is 1.54. The van der Waals surface area contributed by atoms with E-state index in [1.54, 1.807) is 0 Å². The van der Waals surface area contributed by atoms with Crippen LogP contribution in [0.5, 0.6) is 0 Å². The molecule has 10 heteroatoms. The van der Waals surface area contributed by atoms with Crippen molar-refractivity contribution in [3.8, 4) is 5.69 Å². The number of amides is 2. The zero-order valence-electron chi connectivity index (χ0n) is 14.2. The summed E-state index contributed by atoms with van der Waals surface area (Å²) in [4.78, 5) is 23.8. The molecule has 0 bridgehead atoms. The SMILES string of the molecule is Cc1ccc(-n2nnnc2SCC(=O)NNC(=O)c2ccccc2F)cc1. The summed E-state index contributed by atoms with van der Waals surface area (Å²) in [7, 11) is 0. The van der Waals surface area contributed by atoms with Crippen LogP contribution in [0.15, 0.2) is 53.7 Å². The van der Waals surface area contributed by atoms with E-state index >= 15 is 0 Å². The summed E-state index contributed by atoms with van der Waals surface area (Å²) in [6, 6.07) is 13.1. The summed E-state index contributed by atoms with van der Waals surface area (Å²) in [6.07, 6.45) is 0. The summed E-state index contributed by atoms with van der Waals surface area (Å²) in [5.74, 6) is -1.93. The number of nitrogens with one attached hydrogen (secondary N) is 2. The summed E-state index contributed by atoms with van der Waals surface area (Å²) in [5, 5.41) is 11.8. The molecule has 0 aliphatic carbocycles. The summed E-state index contributed by atoms with van der Waals surface area (Å²) in [6.45, 7) is 1.97. The van der Waals surface area contributed by atoms with E-state index < -0.39 is 17.6 Å². The van der Waals surface area contributed by atoms with Gasteiger partial charge in [-0.25, -0.2) is 4.39 Å². The molecule has 27 heavy (non-hydrogen) atoms. The van der Waals surface area contributed by atoms with Crippen molar-refractivity contribution in [2.75, 3.05) is 5.75 Å². The van der Waals surface area contributed by atoms with Crippen LogP contribution in [0.3, 0.4) is 0 Å². The van der Waals surface area contributed by atoms with Gasteiger partial charge in [-0.1, -0.05) is 41.6 Å². The molecule has 0 radical (unpaired) electrons. The Morgan fingerprint density at radius 1 is 1.11 bits per heavy atom. The van der Waals surface area contributed by atoms with E-state index in [-0.39, 0.29) is 11.3 Å². The molecular formula is C17H15FN6O2S.